The van der Waals surface area contributed by atoms with Crippen molar-refractivity contribution in [1.29, 1.82) is 0 Å². The van der Waals surface area contributed by atoms with E-state index in [0.29, 0.717) is 11.4 Å². The molecular formula is C20H17N3O5. The molecule has 3 aromatic rings. The number of hydrogen-bond donors (Lipinski definition) is 3. The fourth-order valence-corrected chi connectivity index (χ4v) is 2.71. The van der Waals surface area contributed by atoms with Gasteiger partial charge in [-0.15, -0.1) is 0 Å². The Labute approximate surface area is 159 Å². The van der Waals surface area contributed by atoms with Crippen LogP contribution in [0.5, 0.6) is 5.88 Å². The summed E-state index contributed by atoms with van der Waals surface area (Å²) in [4.78, 5) is 41.9. The van der Waals surface area contributed by atoms with Crippen LogP contribution in [0, 0.1) is 6.92 Å². The lowest BCUT2D eigenvalue weighted by molar-refractivity contribution is 0.0697. The van der Waals surface area contributed by atoms with E-state index in [2.05, 4.69) is 9.98 Å². The minimum atomic E-state index is -1.06. The van der Waals surface area contributed by atoms with E-state index in [9.17, 15) is 19.5 Å². The maximum Gasteiger partial charge on any atom is 0.335 e. The average Bonchev–Trinajstić information content (AvgIpc) is 2.63. The van der Waals surface area contributed by atoms with E-state index in [1.807, 2.05) is 6.92 Å². The van der Waals surface area contributed by atoms with E-state index in [1.165, 1.54) is 31.2 Å². The molecule has 0 aliphatic carbocycles. The summed E-state index contributed by atoms with van der Waals surface area (Å²) in [6.07, 6.45) is 0. The largest absolute Gasteiger partial charge is 0.493 e. The molecule has 0 bridgehead atoms. The van der Waals surface area contributed by atoms with E-state index in [4.69, 9.17) is 5.11 Å². The number of H-pyrrole nitrogens is 1. The zero-order valence-electron chi connectivity index (χ0n) is 15.1. The number of aromatic nitrogens is 2. The van der Waals surface area contributed by atoms with Crippen LogP contribution in [0.4, 0.5) is 5.69 Å². The number of aromatic hydroxyl groups is 1. The van der Waals surface area contributed by atoms with Crippen molar-refractivity contribution in [2.24, 2.45) is 4.99 Å². The number of carboxylic acid groups (broad SMARTS) is 1. The predicted octanol–water partition coefficient (Wildman–Crippen LogP) is 2.38. The number of nitrogens with zero attached hydrogens (tertiary/aromatic N) is 2. The fourth-order valence-electron chi connectivity index (χ4n) is 2.71. The van der Waals surface area contributed by atoms with Crippen LogP contribution in [-0.2, 0) is 0 Å². The molecule has 3 rings (SSSR count). The molecule has 0 radical (unpaired) electrons. The van der Waals surface area contributed by atoms with E-state index < -0.39 is 23.1 Å². The standard InChI is InChI=1S/C20H17N3O5/c1-11-3-9-15(10-4-11)23-18(25)16(17(24)22-20(23)28)12(2)21-14-7-5-13(6-8-14)19(26)27/h3-10,25H,1-2H3,(H,26,27)(H,22,24,28). The summed E-state index contributed by atoms with van der Waals surface area (Å²) >= 11 is 0. The second-order valence-electron chi connectivity index (χ2n) is 6.18. The lowest BCUT2D eigenvalue weighted by atomic mass is 10.1. The van der Waals surface area contributed by atoms with Crippen molar-refractivity contribution < 1.29 is 15.0 Å². The van der Waals surface area contributed by atoms with Gasteiger partial charge in [-0.05, 0) is 50.2 Å². The highest BCUT2D eigenvalue weighted by molar-refractivity contribution is 6.01. The number of nitrogens with one attached hydrogen (secondary N) is 1. The van der Waals surface area contributed by atoms with Gasteiger partial charge in [0.05, 0.1) is 22.6 Å². The van der Waals surface area contributed by atoms with Gasteiger partial charge in [0.15, 0.2) is 0 Å². The van der Waals surface area contributed by atoms with Gasteiger partial charge in [-0.2, -0.15) is 0 Å². The van der Waals surface area contributed by atoms with Crippen molar-refractivity contribution in [3.63, 3.8) is 0 Å². The molecule has 1 heterocycles. The van der Waals surface area contributed by atoms with E-state index in [0.717, 1.165) is 10.1 Å². The number of hydrogen-bond acceptors (Lipinski definition) is 5. The Morgan fingerprint density at radius 3 is 2.21 bits per heavy atom. The third-order valence-electron chi connectivity index (χ3n) is 4.15. The van der Waals surface area contributed by atoms with Crippen LogP contribution in [0.25, 0.3) is 5.69 Å². The molecule has 142 valence electrons. The highest BCUT2D eigenvalue weighted by Gasteiger charge is 2.18. The summed E-state index contributed by atoms with van der Waals surface area (Å²) < 4.78 is 0.989. The number of carboxylic acids is 1. The van der Waals surface area contributed by atoms with Gasteiger partial charge in [0.25, 0.3) is 5.56 Å². The lowest BCUT2D eigenvalue weighted by Crippen LogP contribution is -2.32. The third kappa shape index (κ3) is 3.61. The number of aromatic carboxylic acids is 1. The summed E-state index contributed by atoms with van der Waals surface area (Å²) in [6.45, 7) is 3.40. The van der Waals surface area contributed by atoms with Gasteiger partial charge in [0.1, 0.15) is 5.56 Å². The van der Waals surface area contributed by atoms with Crippen LogP contribution >= 0.6 is 0 Å². The van der Waals surface area contributed by atoms with Crippen molar-refractivity contribution in [2.45, 2.75) is 13.8 Å². The predicted molar refractivity (Wildman–Crippen MR) is 104 cm³/mol. The molecule has 0 saturated carbocycles. The second kappa shape index (κ2) is 7.36. The number of aliphatic imine (C=N–C) groups is 1. The van der Waals surface area contributed by atoms with Gasteiger partial charge in [-0.25, -0.2) is 14.2 Å². The van der Waals surface area contributed by atoms with Gasteiger partial charge in [-0.1, -0.05) is 17.7 Å². The lowest BCUT2D eigenvalue weighted by Gasteiger charge is -2.11. The first-order valence-electron chi connectivity index (χ1n) is 8.32. The van der Waals surface area contributed by atoms with Crippen LogP contribution in [0.15, 0.2) is 63.1 Å². The quantitative estimate of drug-likeness (QED) is 0.600. The maximum absolute atomic E-state index is 12.3. The van der Waals surface area contributed by atoms with Crippen LogP contribution in [0.2, 0.25) is 0 Å². The molecule has 0 fully saturated rings. The highest BCUT2D eigenvalue weighted by Crippen LogP contribution is 2.20. The summed E-state index contributed by atoms with van der Waals surface area (Å²) in [6, 6.07) is 12.6. The van der Waals surface area contributed by atoms with Gasteiger partial charge < -0.3 is 10.2 Å². The Balaban J connectivity index is 2.12. The molecule has 1 aromatic heterocycles. The van der Waals surface area contributed by atoms with Gasteiger partial charge in [0, 0.05) is 0 Å². The average molecular weight is 379 g/mol. The Morgan fingerprint density at radius 2 is 1.64 bits per heavy atom. The minimum absolute atomic E-state index is 0.102. The minimum Gasteiger partial charge on any atom is -0.493 e. The van der Waals surface area contributed by atoms with Crippen molar-refractivity contribution >= 4 is 17.4 Å². The monoisotopic (exact) mass is 379 g/mol. The summed E-state index contributed by atoms with van der Waals surface area (Å²) in [5, 5.41) is 19.6. The Kier molecular flexibility index (Phi) is 4.95. The molecule has 28 heavy (non-hydrogen) atoms. The van der Waals surface area contributed by atoms with Crippen molar-refractivity contribution in [2.75, 3.05) is 0 Å². The van der Waals surface area contributed by atoms with Crippen molar-refractivity contribution in [1.82, 2.24) is 9.55 Å². The van der Waals surface area contributed by atoms with E-state index in [1.54, 1.807) is 24.3 Å². The molecule has 0 unspecified atom stereocenters. The first-order valence-corrected chi connectivity index (χ1v) is 8.32. The molecule has 0 atom stereocenters. The fraction of sp³-hybridized carbons (Fsp3) is 0.100. The van der Waals surface area contributed by atoms with Gasteiger partial charge >= 0.3 is 11.7 Å². The van der Waals surface area contributed by atoms with Crippen LogP contribution in [0.3, 0.4) is 0 Å². The van der Waals surface area contributed by atoms with Gasteiger partial charge in [-0.3, -0.25) is 14.8 Å². The zero-order valence-corrected chi connectivity index (χ0v) is 15.1. The number of aryl methyl sites for hydroxylation is 1. The molecule has 0 saturated heterocycles. The molecule has 0 aliphatic heterocycles. The zero-order chi connectivity index (χ0) is 20.4. The molecule has 8 heteroatoms. The van der Waals surface area contributed by atoms with Crippen molar-refractivity contribution in [3.8, 4) is 11.6 Å². The normalized spacial score (nSPS) is 11.4. The first kappa shape index (κ1) is 18.8. The number of carbonyl (C=O) groups is 1. The van der Waals surface area contributed by atoms with Crippen LogP contribution < -0.4 is 11.2 Å². The number of benzene rings is 2. The number of aromatic amines is 1. The summed E-state index contributed by atoms with van der Waals surface area (Å²) in [5.74, 6) is -1.59. The third-order valence-corrected chi connectivity index (χ3v) is 4.15. The topological polar surface area (TPSA) is 125 Å². The molecule has 0 amide bonds. The molecule has 8 nitrogen and oxygen atoms in total. The second-order valence-corrected chi connectivity index (χ2v) is 6.18. The van der Waals surface area contributed by atoms with E-state index >= 15 is 0 Å². The summed E-state index contributed by atoms with van der Waals surface area (Å²) in [5.41, 5.74) is 0.348. The number of rotatable bonds is 4. The molecular weight excluding hydrogens is 362 g/mol. The Morgan fingerprint density at radius 1 is 1.04 bits per heavy atom. The SMILES string of the molecule is CC(=Nc1ccc(C(=O)O)cc1)c1c(O)n(-c2ccc(C)cc2)c(=O)[nH]c1=O. The van der Waals surface area contributed by atoms with Crippen LogP contribution in [-0.4, -0.2) is 31.4 Å². The molecule has 0 aliphatic rings. The summed E-state index contributed by atoms with van der Waals surface area (Å²) in [7, 11) is 0. The van der Waals surface area contributed by atoms with Crippen LogP contribution in [0.1, 0.15) is 28.4 Å². The van der Waals surface area contributed by atoms with Crippen molar-refractivity contribution in [3.05, 3.63) is 86.1 Å². The molecule has 3 N–H and O–H groups in total. The van der Waals surface area contributed by atoms with Gasteiger partial charge in [0.2, 0.25) is 5.88 Å². The molecule has 0 spiro atoms. The smallest absolute Gasteiger partial charge is 0.335 e. The maximum atomic E-state index is 12.3. The molecule has 2 aromatic carbocycles. The first-order chi connectivity index (χ1) is 13.3. The Hall–Kier alpha value is -3.94. The Bertz CT molecular complexity index is 1190. The highest BCUT2D eigenvalue weighted by atomic mass is 16.4. The van der Waals surface area contributed by atoms with E-state index in [-0.39, 0.29) is 16.8 Å².